The number of halogens is 1. The molecule has 0 N–H and O–H groups in total. The summed E-state index contributed by atoms with van der Waals surface area (Å²) in [5, 5.41) is 9.44. The second-order valence-corrected chi connectivity index (χ2v) is 6.71. The summed E-state index contributed by atoms with van der Waals surface area (Å²) < 4.78 is 3.70. The highest BCUT2D eigenvalue weighted by molar-refractivity contribution is 6.29. The Morgan fingerprint density at radius 3 is 2.64 bits per heavy atom. The highest BCUT2D eigenvalue weighted by Crippen LogP contribution is 2.24. The van der Waals surface area contributed by atoms with E-state index in [-0.39, 0.29) is 5.92 Å². The van der Waals surface area contributed by atoms with E-state index in [1.165, 1.54) is 0 Å². The maximum atomic E-state index is 6.06. The molecule has 0 bridgehead atoms. The fraction of sp³-hybridized carbons (Fsp3) is 0.333. The van der Waals surface area contributed by atoms with E-state index < -0.39 is 0 Å². The van der Waals surface area contributed by atoms with Crippen molar-refractivity contribution in [1.29, 1.82) is 0 Å². The predicted octanol–water partition coefficient (Wildman–Crippen LogP) is 3.64. The van der Waals surface area contributed by atoms with Gasteiger partial charge in [-0.2, -0.15) is 10.2 Å². The molecule has 0 aromatic carbocycles. The monoisotopic (exact) mass is 354 g/mol. The van der Waals surface area contributed by atoms with E-state index >= 15 is 0 Å². The Morgan fingerprint density at radius 2 is 1.84 bits per heavy atom. The number of aryl methyl sites for hydroxylation is 2. The first-order valence-electron chi connectivity index (χ1n) is 8.41. The lowest BCUT2D eigenvalue weighted by molar-refractivity contribution is 0.680. The summed E-state index contributed by atoms with van der Waals surface area (Å²) in [4.78, 5) is 9.28. The minimum absolute atomic E-state index is 0.205. The minimum Gasteiger partial charge on any atom is -0.232 e. The van der Waals surface area contributed by atoms with Gasteiger partial charge in [0, 0.05) is 5.92 Å². The average molecular weight is 355 g/mol. The van der Waals surface area contributed by atoms with Crippen molar-refractivity contribution in [3.05, 3.63) is 58.4 Å². The minimum atomic E-state index is 0.205. The molecule has 0 saturated carbocycles. The Balaban J connectivity index is 1.69. The van der Waals surface area contributed by atoms with Crippen molar-refractivity contribution in [3.63, 3.8) is 0 Å². The van der Waals surface area contributed by atoms with Crippen LogP contribution in [0.2, 0.25) is 5.15 Å². The van der Waals surface area contributed by atoms with Gasteiger partial charge in [0.2, 0.25) is 0 Å². The summed E-state index contributed by atoms with van der Waals surface area (Å²) in [6.45, 7) is 6.26. The number of imidazole rings is 2. The average Bonchev–Trinajstić information content (AvgIpc) is 3.12. The van der Waals surface area contributed by atoms with Gasteiger partial charge in [0.15, 0.2) is 11.3 Å². The molecule has 1 unspecified atom stereocenters. The molecule has 6 nitrogen and oxygen atoms in total. The van der Waals surface area contributed by atoms with Crippen molar-refractivity contribution >= 4 is 22.9 Å². The molecule has 1 atom stereocenters. The molecule has 0 aliphatic heterocycles. The van der Waals surface area contributed by atoms with Gasteiger partial charge in [-0.1, -0.05) is 25.4 Å². The smallest absolute Gasteiger partial charge is 0.154 e. The van der Waals surface area contributed by atoms with E-state index in [4.69, 9.17) is 11.6 Å². The number of nitrogens with zero attached hydrogens (tertiary/aromatic N) is 6. The van der Waals surface area contributed by atoms with Crippen LogP contribution in [0.15, 0.2) is 30.5 Å². The lowest BCUT2D eigenvalue weighted by Crippen LogP contribution is -2.06. The van der Waals surface area contributed by atoms with Crippen LogP contribution in [0.5, 0.6) is 0 Å². The topological polar surface area (TPSA) is 60.4 Å². The molecular formula is C18H19ClN6. The zero-order valence-electron chi connectivity index (χ0n) is 14.4. The standard InChI is InChI=1S/C18H19ClN6/c1-4-13-5-7-16-21-14(10-24(16)22-13)9-11(2)18-12(3)20-17-8-6-15(19)23-25(17)18/h5-8,10-11H,4,9H2,1-3H3. The van der Waals surface area contributed by atoms with Gasteiger partial charge < -0.3 is 0 Å². The summed E-state index contributed by atoms with van der Waals surface area (Å²) >= 11 is 6.06. The molecule has 0 saturated heterocycles. The highest BCUT2D eigenvalue weighted by Gasteiger charge is 2.18. The Morgan fingerprint density at radius 1 is 1.04 bits per heavy atom. The van der Waals surface area contributed by atoms with E-state index in [0.29, 0.717) is 5.15 Å². The van der Waals surface area contributed by atoms with Crippen molar-refractivity contribution in [1.82, 2.24) is 29.2 Å². The highest BCUT2D eigenvalue weighted by atomic mass is 35.5. The first-order chi connectivity index (χ1) is 12.0. The second-order valence-electron chi connectivity index (χ2n) is 6.33. The molecule has 4 rings (SSSR count). The molecule has 0 spiro atoms. The molecule has 128 valence electrons. The second kappa shape index (κ2) is 6.11. The van der Waals surface area contributed by atoms with Crippen molar-refractivity contribution < 1.29 is 0 Å². The molecule has 4 heterocycles. The largest absolute Gasteiger partial charge is 0.232 e. The molecule has 0 amide bonds. The molecule has 7 heteroatoms. The normalized spacial score (nSPS) is 13.0. The SMILES string of the molecule is CCc1ccc2nc(CC(C)c3c(C)nc4ccc(Cl)nn34)cn2n1. The van der Waals surface area contributed by atoms with Gasteiger partial charge in [-0.05, 0) is 44.0 Å². The van der Waals surface area contributed by atoms with Gasteiger partial charge in [0.25, 0.3) is 0 Å². The van der Waals surface area contributed by atoms with E-state index in [1.54, 1.807) is 6.07 Å². The lowest BCUT2D eigenvalue weighted by Gasteiger charge is -2.10. The zero-order valence-corrected chi connectivity index (χ0v) is 15.2. The Kier molecular flexibility index (Phi) is 3.92. The molecule has 0 aliphatic rings. The third-order valence-corrected chi connectivity index (χ3v) is 4.63. The summed E-state index contributed by atoms with van der Waals surface area (Å²) in [6, 6.07) is 7.69. The molecular weight excluding hydrogens is 336 g/mol. The molecule has 0 radical (unpaired) electrons. The van der Waals surface area contributed by atoms with Crippen LogP contribution in [0.25, 0.3) is 11.3 Å². The van der Waals surface area contributed by atoms with Gasteiger partial charge in [-0.15, -0.1) is 0 Å². The van der Waals surface area contributed by atoms with E-state index in [2.05, 4.69) is 34.0 Å². The summed E-state index contributed by atoms with van der Waals surface area (Å²) in [6.07, 6.45) is 3.70. The summed E-state index contributed by atoms with van der Waals surface area (Å²) in [5.74, 6) is 0.205. The number of hydrogen-bond donors (Lipinski definition) is 0. The number of aromatic nitrogens is 6. The molecule has 25 heavy (non-hydrogen) atoms. The third kappa shape index (κ3) is 2.87. The Labute approximate surface area is 150 Å². The molecule has 0 fully saturated rings. The first-order valence-corrected chi connectivity index (χ1v) is 8.79. The Hall–Kier alpha value is -2.47. The maximum Gasteiger partial charge on any atom is 0.154 e. The fourth-order valence-electron chi connectivity index (χ4n) is 3.27. The predicted molar refractivity (Wildman–Crippen MR) is 97.2 cm³/mol. The quantitative estimate of drug-likeness (QED) is 0.561. The first kappa shape index (κ1) is 16.0. The molecule has 0 aliphatic carbocycles. The van der Waals surface area contributed by atoms with Crippen LogP contribution in [-0.4, -0.2) is 29.2 Å². The molecule has 4 aromatic heterocycles. The van der Waals surface area contributed by atoms with Crippen molar-refractivity contribution in [3.8, 4) is 0 Å². The van der Waals surface area contributed by atoms with Gasteiger partial charge >= 0.3 is 0 Å². The van der Waals surface area contributed by atoms with Crippen molar-refractivity contribution in [2.45, 2.75) is 39.5 Å². The van der Waals surface area contributed by atoms with Crippen LogP contribution < -0.4 is 0 Å². The lowest BCUT2D eigenvalue weighted by atomic mass is 10.0. The van der Waals surface area contributed by atoms with Crippen LogP contribution in [0.3, 0.4) is 0 Å². The molecule has 4 aromatic rings. The van der Waals surface area contributed by atoms with Crippen LogP contribution in [0.1, 0.15) is 42.5 Å². The van der Waals surface area contributed by atoms with Gasteiger partial charge in [-0.3, -0.25) is 0 Å². The maximum absolute atomic E-state index is 6.06. The number of fused-ring (bicyclic) bond motifs is 2. The van der Waals surface area contributed by atoms with Crippen molar-refractivity contribution in [2.24, 2.45) is 0 Å². The summed E-state index contributed by atoms with van der Waals surface area (Å²) in [5.41, 5.74) is 5.78. The van der Waals surface area contributed by atoms with E-state index in [0.717, 1.165) is 46.9 Å². The zero-order chi connectivity index (χ0) is 17.6. The third-order valence-electron chi connectivity index (χ3n) is 4.43. The fourth-order valence-corrected chi connectivity index (χ4v) is 3.41. The number of hydrogen-bond acceptors (Lipinski definition) is 4. The van der Waals surface area contributed by atoms with E-state index in [1.807, 2.05) is 40.4 Å². The summed E-state index contributed by atoms with van der Waals surface area (Å²) in [7, 11) is 0. The van der Waals surface area contributed by atoms with Crippen LogP contribution in [0.4, 0.5) is 0 Å². The van der Waals surface area contributed by atoms with Crippen LogP contribution in [0, 0.1) is 6.92 Å². The van der Waals surface area contributed by atoms with Gasteiger partial charge in [0.1, 0.15) is 5.15 Å². The Bertz CT molecular complexity index is 1060. The van der Waals surface area contributed by atoms with E-state index in [9.17, 15) is 0 Å². The van der Waals surface area contributed by atoms with Gasteiger partial charge in [0.05, 0.1) is 29.0 Å². The van der Waals surface area contributed by atoms with Crippen LogP contribution >= 0.6 is 11.6 Å². The van der Waals surface area contributed by atoms with Crippen LogP contribution in [-0.2, 0) is 12.8 Å². The van der Waals surface area contributed by atoms with Crippen molar-refractivity contribution in [2.75, 3.05) is 0 Å². The van der Waals surface area contributed by atoms with Gasteiger partial charge in [-0.25, -0.2) is 19.0 Å². The number of rotatable bonds is 4.